The second-order valence-corrected chi connectivity index (χ2v) is 5.36. The number of pyridine rings is 1. The van der Waals surface area contributed by atoms with Gasteiger partial charge in [0.15, 0.2) is 0 Å². The molecule has 1 heterocycles. The molecule has 3 nitrogen and oxygen atoms in total. The molecular formula is C16H19ClFN3. The molecule has 1 N–H and O–H groups in total. The number of nitrogens with zero attached hydrogens (tertiary/aromatic N) is 2. The lowest BCUT2D eigenvalue weighted by Crippen LogP contribution is -2.18. The van der Waals surface area contributed by atoms with Crippen LogP contribution >= 0.6 is 11.6 Å². The number of benzene rings is 1. The third-order valence-corrected chi connectivity index (χ3v) is 3.38. The van der Waals surface area contributed by atoms with Crippen LogP contribution in [0.15, 0.2) is 36.4 Å². The molecule has 1 aromatic carbocycles. The fourth-order valence-electron chi connectivity index (χ4n) is 2.13. The van der Waals surface area contributed by atoms with Crippen LogP contribution in [-0.2, 0) is 13.1 Å². The topological polar surface area (TPSA) is 28.2 Å². The molecule has 0 fully saturated rings. The van der Waals surface area contributed by atoms with E-state index < -0.39 is 0 Å². The smallest absolute Gasteiger partial charge is 0.126 e. The zero-order chi connectivity index (χ0) is 15.2. The maximum Gasteiger partial charge on any atom is 0.126 e. The summed E-state index contributed by atoms with van der Waals surface area (Å²) in [4.78, 5) is 6.56. The van der Waals surface area contributed by atoms with Crippen molar-refractivity contribution in [1.82, 2.24) is 9.88 Å². The number of rotatable bonds is 6. The van der Waals surface area contributed by atoms with Crippen molar-refractivity contribution >= 4 is 17.4 Å². The molecule has 0 bridgehead atoms. The quantitative estimate of drug-likeness (QED) is 0.876. The molecule has 21 heavy (non-hydrogen) atoms. The van der Waals surface area contributed by atoms with Crippen LogP contribution in [0.1, 0.15) is 18.2 Å². The van der Waals surface area contributed by atoms with Gasteiger partial charge in [-0.3, -0.25) is 4.90 Å². The van der Waals surface area contributed by atoms with Gasteiger partial charge in [0.25, 0.3) is 0 Å². The van der Waals surface area contributed by atoms with Gasteiger partial charge in [0.2, 0.25) is 0 Å². The Bertz CT molecular complexity index is 604. The van der Waals surface area contributed by atoms with Crippen LogP contribution in [-0.4, -0.2) is 23.5 Å². The lowest BCUT2D eigenvalue weighted by atomic mass is 10.2. The largest absolute Gasteiger partial charge is 0.370 e. The van der Waals surface area contributed by atoms with Gasteiger partial charge in [-0.15, -0.1) is 0 Å². The molecule has 0 aliphatic heterocycles. The van der Waals surface area contributed by atoms with Crippen molar-refractivity contribution in [2.45, 2.75) is 20.0 Å². The van der Waals surface area contributed by atoms with Crippen LogP contribution in [0.5, 0.6) is 0 Å². The second-order valence-electron chi connectivity index (χ2n) is 4.96. The first-order valence-electron chi connectivity index (χ1n) is 6.90. The molecule has 1 aromatic heterocycles. The van der Waals surface area contributed by atoms with Crippen LogP contribution in [0.4, 0.5) is 10.2 Å². The van der Waals surface area contributed by atoms with Gasteiger partial charge in [-0.05, 0) is 43.8 Å². The molecule has 5 heteroatoms. The summed E-state index contributed by atoms with van der Waals surface area (Å²) in [6.07, 6.45) is 0. The van der Waals surface area contributed by atoms with Crippen LogP contribution in [0.2, 0.25) is 5.02 Å². The molecule has 0 amide bonds. The Morgan fingerprint density at radius 1 is 1.24 bits per heavy atom. The van der Waals surface area contributed by atoms with E-state index in [-0.39, 0.29) is 5.82 Å². The lowest BCUT2D eigenvalue weighted by molar-refractivity contribution is 0.315. The van der Waals surface area contributed by atoms with Gasteiger partial charge >= 0.3 is 0 Å². The first kappa shape index (κ1) is 15.7. The Kier molecular flexibility index (Phi) is 5.53. The maximum atomic E-state index is 13.2. The first-order valence-corrected chi connectivity index (χ1v) is 7.28. The van der Waals surface area contributed by atoms with E-state index in [2.05, 4.69) is 15.2 Å². The molecule has 0 unspecified atom stereocenters. The summed E-state index contributed by atoms with van der Waals surface area (Å²) in [7, 11) is 1.96. The number of aromatic nitrogens is 1. The Hall–Kier alpha value is -1.65. The summed E-state index contributed by atoms with van der Waals surface area (Å²) in [5.74, 6) is 0.599. The van der Waals surface area contributed by atoms with Crippen molar-refractivity contribution in [3.63, 3.8) is 0 Å². The molecule has 0 radical (unpaired) electrons. The predicted octanol–water partition coefficient (Wildman–Crippen LogP) is 3.94. The summed E-state index contributed by atoms with van der Waals surface area (Å²) in [5, 5.41) is 3.81. The van der Waals surface area contributed by atoms with Crippen molar-refractivity contribution in [2.75, 3.05) is 18.9 Å². The van der Waals surface area contributed by atoms with Gasteiger partial charge < -0.3 is 5.32 Å². The third kappa shape index (κ3) is 4.69. The predicted molar refractivity (Wildman–Crippen MR) is 85.0 cm³/mol. The van der Waals surface area contributed by atoms with E-state index in [1.54, 1.807) is 12.1 Å². The third-order valence-electron chi connectivity index (χ3n) is 3.04. The summed E-state index contributed by atoms with van der Waals surface area (Å²) in [6, 6.07) is 10.3. The lowest BCUT2D eigenvalue weighted by Gasteiger charge is -2.17. The van der Waals surface area contributed by atoms with Crippen molar-refractivity contribution in [3.05, 3.63) is 58.5 Å². The first-order chi connectivity index (χ1) is 10.1. The van der Waals surface area contributed by atoms with Crippen LogP contribution < -0.4 is 5.32 Å². The molecule has 0 atom stereocenters. The van der Waals surface area contributed by atoms with E-state index in [4.69, 9.17) is 11.6 Å². The van der Waals surface area contributed by atoms with Crippen LogP contribution in [0.3, 0.4) is 0 Å². The van der Waals surface area contributed by atoms with Crippen LogP contribution in [0, 0.1) is 5.82 Å². The van der Waals surface area contributed by atoms with E-state index in [0.29, 0.717) is 18.1 Å². The minimum atomic E-state index is -0.216. The highest BCUT2D eigenvalue weighted by Crippen LogP contribution is 2.19. The Labute approximate surface area is 129 Å². The highest BCUT2D eigenvalue weighted by atomic mass is 35.5. The minimum absolute atomic E-state index is 0.216. The molecule has 2 aromatic rings. The van der Waals surface area contributed by atoms with E-state index in [1.807, 2.05) is 32.2 Å². The number of halogens is 2. The van der Waals surface area contributed by atoms with Crippen LogP contribution in [0.25, 0.3) is 0 Å². The zero-order valence-electron chi connectivity index (χ0n) is 12.2. The minimum Gasteiger partial charge on any atom is -0.370 e. The number of anilines is 1. The highest BCUT2D eigenvalue weighted by Gasteiger charge is 2.08. The normalized spacial score (nSPS) is 10.9. The Morgan fingerprint density at radius 2 is 2.05 bits per heavy atom. The van der Waals surface area contributed by atoms with E-state index >= 15 is 0 Å². The average molecular weight is 308 g/mol. The SMILES string of the molecule is CCNc1ccc(Cl)c(CN(C)Cc2cccc(F)c2)n1. The van der Waals surface area contributed by atoms with Crippen molar-refractivity contribution in [3.8, 4) is 0 Å². The fourth-order valence-corrected chi connectivity index (χ4v) is 2.30. The molecule has 112 valence electrons. The molecule has 0 aliphatic carbocycles. The van der Waals surface area contributed by atoms with E-state index in [9.17, 15) is 4.39 Å². The van der Waals surface area contributed by atoms with Gasteiger partial charge in [-0.1, -0.05) is 23.7 Å². The summed E-state index contributed by atoms with van der Waals surface area (Å²) >= 11 is 6.19. The van der Waals surface area contributed by atoms with Gasteiger partial charge in [0.05, 0.1) is 10.7 Å². The molecule has 0 aliphatic rings. The Balaban J connectivity index is 2.05. The monoisotopic (exact) mass is 307 g/mol. The average Bonchev–Trinajstić information content (AvgIpc) is 2.43. The maximum absolute atomic E-state index is 13.2. The molecule has 0 saturated carbocycles. The highest BCUT2D eigenvalue weighted by molar-refractivity contribution is 6.31. The van der Waals surface area contributed by atoms with Gasteiger partial charge in [0.1, 0.15) is 11.6 Å². The molecule has 0 spiro atoms. The van der Waals surface area contributed by atoms with Crippen molar-refractivity contribution in [1.29, 1.82) is 0 Å². The summed E-state index contributed by atoms with van der Waals surface area (Å²) in [5.41, 5.74) is 1.74. The van der Waals surface area contributed by atoms with Gasteiger partial charge in [0, 0.05) is 19.6 Å². The second kappa shape index (κ2) is 7.38. The van der Waals surface area contributed by atoms with Crippen molar-refractivity contribution < 1.29 is 4.39 Å². The summed E-state index contributed by atoms with van der Waals surface area (Å²) < 4.78 is 13.2. The van der Waals surface area contributed by atoms with Gasteiger partial charge in [-0.25, -0.2) is 9.37 Å². The standard InChI is InChI=1S/C16H19ClFN3/c1-3-19-16-8-7-14(17)15(20-16)11-21(2)10-12-5-4-6-13(18)9-12/h4-9H,3,10-11H2,1-2H3,(H,19,20). The van der Waals surface area contributed by atoms with E-state index in [1.165, 1.54) is 6.07 Å². The molecular weight excluding hydrogens is 289 g/mol. The summed E-state index contributed by atoms with van der Waals surface area (Å²) in [6.45, 7) is 4.08. The molecule has 0 saturated heterocycles. The van der Waals surface area contributed by atoms with E-state index in [0.717, 1.165) is 23.6 Å². The number of nitrogens with one attached hydrogen (secondary N) is 1. The molecule has 2 rings (SSSR count). The van der Waals surface area contributed by atoms with Crippen molar-refractivity contribution in [2.24, 2.45) is 0 Å². The number of hydrogen-bond acceptors (Lipinski definition) is 3. The zero-order valence-corrected chi connectivity index (χ0v) is 13.0. The van der Waals surface area contributed by atoms with Gasteiger partial charge in [-0.2, -0.15) is 0 Å². The number of hydrogen-bond donors (Lipinski definition) is 1. The Morgan fingerprint density at radius 3 is 2.76 bits per heavy atom. The fraction of sp³-hybridized carbons (Fsp3) is 0.312.